The number of hydrogen-bond donors (Lipinski definition) is 1. The highest BCUT2D eigenvalue weighted by Crippen LogP contribution is 2.51. The van der Waals surface area contributed by atoms with Crippen molar-refractivity contribution < 1.29 is 28.6 Å². The third kappa shape index (κ3) is 7.02. The summed E-state index contributed by atoms with van der Waals surface area (Å²) in [5.74, 6) is 1.47. The van der Waals surface area contributed by atoms with Gasteiger partial charge in [-0.3, -0.25) is 29.5 Å². The van der Waals surface area contributed by atoms with Gasteiger partial charge >= 0.3 is 0 Å². The van der Waals surface area contributed by atoms with Crippen LogP contribution >= 0.6 is 0 Å². The summed E-state index contributed by atoms with van der Waals surface area (Å²) in [4.78, 5) is 51.2. The first-order valence-electron chi connectivity index (χ1n) is 22.6. The number of aryl methyl sites for hydroxylation is 1. The lowest BCUT2D eigenvalue weighted by molar-refractivity contribution is -0.136. The second-order valence-corrected chi connectivity index (χ2v) is 19.0. The van der Waals surface area contributed by atoms with E-state index < -0.39 is 6.04 Å². The minimum absolute atomic E-state index is 0.163. The molecule has 1 N–H and O–H groups in total. The lowest BCUT2D eigenvalue weighted by Gasteiger charge is -2.46. The van der Waals surface area contributed by atoms with Crippen molar-refractivity contribution in [3.05, 3.63) is 118 Å². The van der Waals surface area contributed by atoms with Crippen molar-refractivity contribution in [1.82, 2.24) is 15.1 Å². The lowest BCUT2D eigenvalue weighted by Crippen LogP contribution is -2.57. The zero-order chi connectivity index (χ0) is 41.2. The van der Waals surface area contributed by atoms with Gasteiger partial charge in [-0.2, -0.15) is 0 Å². The molecule has 3 unspecified atom stereocenters. The number of imide groups is 1. The topological polar surface area (TPSA) is 94.7 Å². The number of piperazine rings is 1. The normalized spacial score (nSPS) is 26.9. The highest BCUT2D eigenvalue weighted by Gasteiger charge is 2.44. The Labute approximate surface area is 356 Å². The van der Waals surface area contributed by atoms with Crippen LogP contribution in [0.5, 0.6) is 11.5 Å². The van der Waals surface area contributed by atoms with Crippen molar-refractivity contribution in [1.29, 1.82) is 0 Å². The maximum atomic E-state index is 13.4. The summed E-state index contributed by atoms with van der Waals surface area (Å²) in [6.45, 7) is 7.19. The second kappa shape index (κ2) is 15.5. The summed E-state index contributed by atoms with van der Waals surface area (Å²) < 4.78 is 19.5. The highest BCUT2D eigenvalue weighted by atomic mass is 19.3. The maximum Gasteiger partial charge on any atom is 0.255 e. The number of fused-ring (bicyclic) bond motifs is 5. The van der Waals surface area contributed by atoms with Crippen molar-refractivity contribution >= 4 is 29.1 Å². The summed E-state index contributed by atoms with van der Waals surface area (Å²) in [6.07, 6.45) is 8.93. The lowest BCUT2D eigenvalue weighted by atomic mass is 9.69. The van der Waals surface area contributed by atoms with E-state index in [0.717, 1.165) is 69.1 Å². The van der Waals surface area contributed by atoms with Gasteiger partial charge in [0.2, 0.25) is 11.8 Å². The van der Waals surface area contributed by atoms with Gasteiger partial charge in [0.05, 0.1) is 11.7 Å². The Kier molecular flexibility index (Phi) is 9.78. The molecule has 5 atom stereocenters. The van der Waals surface area contributed by atoms with Crippen LogP contribution in [0.3, 0.4) is 0 Å². The highest BCUT2D eigenvalue weighted by molar-refractivity contribution is 6.06. The number of anilines is 2. The Morgan fingerprint density at radius 2 is 1.64 bits per heavy atom. The fraction of sp³-hybridized carbons (Fsp3) is 0.460. The summed E-state index contributed by atoms with van der Waals surface area (Å²) >= 11 is 0. The minimum atomic E-state index is -0.621. The van der Waals surface area contributed by atoms with Gasteiger partial charge in [0.15, 0.2) is 5.75 Å². The SMILES string of the molecule is O=C1CCC(N2Cc3cc4c(cc3C2=O)OC[C@@H]2CN(CC3CCC5(CCN(c6ccc(C7c8ccc(OF)cc8CC[C@@H]7c7ccccc7)cc6)CC5)C3)CCN42)C(=O)N1. The molecule has 3 amide bonds. The molecular weight excluding hydrogens is 770 g/mol. The fourth-order valence-corrected chi connectivity index (χ4v) is 12.4. The molecule has 5 aliphatic heterocycles. The van der Waals surface area contributed by atoms with Crippen LogP contribution < -0.4 is 24.8 Å². The van der Waals surface area contributed by atoms with Crippen molar-refractivity contribution in [2.24, 2.45) is 11.3 Å². The first-order valence-corrected chi connectivity index (χ1v) is 22.6. The maximum absolute atomic E-state index is 13.4. The van der Waals surface area contributed by atoms with Gasteiger partial charge in [-0.15, -0.1) is 0 Å². The van der Waals surface area contributed by atoms with Crippen molar-refractivity contribution in [3.8, 4) is 11.5 Å². The Morgan fingerprint density at radius 3 is 2.44 bits per heavy atom. The average Bonchev–Trinajstić information content (AvgIpc) is 3.83. The number of carbonyl (C=O) groups excluding carboxylic acids is 3. The molecule has 2 aliphatic carbocycles. The van der Waals surface area contributed by atoms with Crippen LogP contribution in [-0.4, -0.2) is 85.5 Å². The molecule has 11 rings (SSSR count). The molecule has 5 heterocycles. The monoisotopic (exact) mass is 823 g/mol. The smallest absolute Gasteiger partial charge is 0.255 e. The first-order chi connectivity index (χ1) is 29.8. The summed E-state index contributed by atoms with van der Waals surface area (Å²) in [6, 6.07) is 29.5. The van der Waals surface area contributed by atoms with E-state index in [9.17, 15) is 18.9 Å². The van der Waals surface area contributed by atoms with Crippen LogP contribution in [0.1, 0.15) is 101 Å². The Balaban J connectivity index is 0.700. The molecule has 7 aliphatic rings. The fourth-order valence-electron chi connectivity index (χ4n) is 12.4. The minimum Gasteiger partial charge on any atom is -0.489 e. The Hall–Kier alpha value is -5.42. The van der Waals surface area contributed by atoms with E-state index in [1.165, 1.54) is 60.0 Å². The van der Waals surface area contributed by atoms with Gasteiger partial charge in [-0.05, 0) is 133 Å². The van der Waals surface area contributed by atoms with Crippen LogP contribution in [0.15, 0.2) is 84.9 Å². The van der Waals surface area contributed by atoms with Gasteiger partial charge < -0.3 is 19.4 Å². The van der Waals surface area contributed by atoms with Crippen LogP contribution in [0.2, 0.25) is 0 Å². The van der Waals surface area contributed by atoms with Crippen LogP contribution in [-0.2, 0) is 22.6 Å². The largest absolute Gasteiger partial charge is 0.489 e. The molecule has 0 bridgehead atoms. The number of rotatable bonds is 7. The number of ether oxygens (including phenoxy) is 1. The molecule has 11 heteroatoms. The number of hydrogen-bond acceptors (Lipinski definition) is 8. The third-order valence-electron chi connectivity index (χ3n) is 15.6. The van der Waals surface area contributed by atoms with Gasteiger partial charge in [0, 0.05) is 73.9 Å². The van der Waals surface area contributed by atoms with E-state index in [2.05, 4.69) is 91.7 Å². The predicted molar refractivity (Wildman–Crippen MR) is 231 cm³/mol. The van der Waals surface area contributed by atoms with Crippen molar-refractivity contribution in [2.75, 3.05) is 55.7 Å². The molecule has 4 aromatic rings. The van der Waals surface area contributed by atoms with Gasteiger partial charge in [0.1, 0.15) is 18.4 Å². The average molecular weight is 824 g/mol. The van der Waals surface area contributed by atoms with Crippen molar-refractivity contribution in [3.63, 3.8) is 0 Å². The number of nitrogens with one attached hydrogen (secondary N) is 1. The summed E-state index contributed by atoms with van der Waals surface area (Å²) in [7, 11) is 0. The van der Waals surface area contributed by atoms with E-state index in [0.29, 0.717) is 42.4 Å². The van der Waals surface area contributed by atoms with E-state index in [1.54, 1.807) is 11.0 Å². The van der Waals surface area contributed by atoms with Crippen molar-refractivity contribution in [2.45, 2.75) is 88.3 Å². The molecule has 316 valence electrons. The Bertz CT molecular complexity index is 2350. The van der Waals surface area contributed by atoms with Crippen LogP contribution in [0.25, 0.3) is 0 Å². The van der Waals surface area contributed by atoms with Gasteiger partial charge in [-0.1, -0.05) is 48.5 Å². The molecule has 4 aromatic carbocycles. The molecule has 1 saturated carbocycles. The third-order valence-corrected chi connectivity index (χ3v) is 15.6. The van der Waals surface area contributed by atoms with E-state index >= 15 is 0 Å². The summed E-state index contributed by atoms with van der Waals surface area (Å²) in [5, 5.41) is 2.40. The molecular formula is C50H54FN5O5. The first kappa shape index (κ1) is 38.5. The van der Waals surface area contributed by atoms with E-state index in [4.69, 9.17) is 4.74 Å². The number of benzene rings is 4. The number of nitrogens with zero attached hydrogens (tertiary/aromatic N) is 4. The molecule has 61 heavy (non-hydrogen) atoms. The molecule has 1 spiro atoms. The Morgan fingerprint density at radius 1 is 0.803 bits per heavy atom. The molecule has 0 aromatic heterocycles. The zero-order valence-corrected chi connectivity index (χ0v) is 34.7. The number of piperidine rings is 2. The quantitative estimate of drug-likeness (QED) is 0.191. The van der Waals surface area contributed by atoms with Crippen LogP contribution in [0, 0.1) is 11.3 Å². The van der Waals surface area contributed by atoms with Gasteiger partial charge in [-0.25, -0.2) is 0 Å². The summed E-state index contributed by atoms with van der Waals surface area (Å²) in [5.41, 5.74) is 9.42. The number of amides is 3. The number of carbonyl (C=O) groups is 3. The molecule has 3 saturated heterocycles. The zero-order valence-electron chi connectivity index (χ0n) is 34.7. The standard InChI is InChI=1S/C50H54FN5O5/c51-61-39-11-13-41-35(24-39)8-12-40(33-4-2-1-3-5-33)47(41)34-6-9-37(10-7-34)54-20-18-50(19-21-54)17-16-32(27-50)28-53-22-23-55-38(30-53)31-60-45-26-42-36(25-44(45)55)29-56(49(42)59)43-14-15-46(57)52-48(43)58/h1-7,9-11,13,24-26,32,38,40,43,47H,8,12,14-23,27-31H2,(H,52,57,58)/t32?,38-,40+,43?,47?/m0/s1. The molecule has 0 radical (unpaired) electrons. The van der Waals surface area contributed by atoms with E-state index in [1.807, 2.05) is 12.1 Å². The molecule has 10 nitrogen and oxygen atoms in total. The predicted octanol–water partition coefficient (Wildman–Crippen LogP) is 7.54. The van der Waals surface area contributed by atoms with Crippen LogP contribution in [0.4, 0.5) is 15.9 Å². The van der Waals surface area contributed by atoms with E-state index in [-0.39, 0.29) is 41.9 Å². The second-order valence-electron chi connectivity index (χ2n) is 19.0. The molecule has 4 fully saturated rings. The number of halogens is 1. The van der Waals surface area contributed by atoms with Gasteiger partial charge in [0.25, 0.3) is 5.91 Å².